The Labute approximate surface area is 172 Å². The van der Waals surface area contributed by atoms with Crippen LogP contribution in [0.1, 0.15) is 6.42 Å². The van der Waals surface area contributed by atoms with Gasteiger partial charge >= 0.3 is 6.03 Å². The lowest BCUT2D eigenvalue weighted by molar-refractivity contribution is -0.117. The third-order valence-electron chi connectivity index (χ3n) is 4.71. The zero-order valence-electron chi connectivity index (χ0n) is 15.7. The Morgan fingerprint density at radius 3 is 2.76 bits per heavy atom. The molecule has 4 rings (SSSR count). The van der Waals surface area contributed by atoms with Crippen LogP contribution in [0.2, 0.25) is 5.02 Å². The second-order valence-corrected chi connectivity index (χ2v) is 7.11. The molecule has 8 nitrogen and oxygen atoms in total. The maximum Gasteiger partial charge on any atom is 0.319 e. The van der Waals surface area contributed by atoms with Gasteiger partial charge in [0.15, 0.2) is 11.5 Å². The average molecular weight is 418 g/mol. The number of nitrogens with one attached hydrogen (secondary N) is 2. The molecule has 1 saturated heterocycles. The number of halogens is 1. The summed E-state index contributed by atoms with van der Waals surface area (Å²) in [5, 5.41) is 6.01. The largest absolute Gasteiger partial charge is 0.495 e. The number of hydrogen-bond donors (Lipinski definition) is 2. The number of rotatable bonds is 4. The van der Waals surface area contributed by atoms with Gasteiger partial charge in [-0.2, -0.15) is 0 Å². The van der Waals surface area contributed by atoms with Crippen molar-refractivity contribution in [3.05, 3.63) is 41.4 Å². The van der Waals surface area contributed by atoms with Crippen molar-refractivity contribution in [2.75, 3.05) is 37.1 Å². The molecule has 0 bridgehead atoms. The van der Waals surface area contributed by atoms with Crippen LogP contribution in [-0.4, -0.2) is 44.8 Å². The molecular formula is C20H20ClN3O5. The Kier molecular flexibility index (Phi) is 5.35. The highest BCUT2D eigenvalue weighted by Crippen LogP contribution is 2.35. The van der Waals surface area contributed by atoms with Crippen LogP contribution >= 0.6 is 11.6 Å². The fourth-order valence-corrected chi connectivity index (χ4v) is 3.55. The Bertz CT molecular complexity index is 952. The van der Waals surface area contributed by atoms with Gasteiger partial charge < -0.3 is 29.7 Å². The summed E-state index contributed by atoms with van der Waals surface area (Å²) in [6.07, 6.45) is 0.203. The van der Waals surface area contributed by atoms with Crippen molar-refractivity contribution < 1.29 is 23.8 Å². The van der Waals surface area contributed by atoms with Gasteiger partial charge in [-0.25, -0.2) is 4.79 Å². The van der Waals surface area contributed by atoms with Gasteiger partial charge in [0, 0.05) is 29.7 Å². The molecule has 0 unspecified atom stereocenters. The fourth-order valence-electron chi connectivity index (χ4n) is 3.38. The molecule has 2 aliphatic heterocycles. The van der Waals surface area contributed by atoms with Crippen LogP contribution in [0.15, 0.2) is 36.4 Å². The molecule has 0 saturated carbocycles. The summed E-state index contributed by atoms with van der Waals surface area (Å²) in [6.45, 7) is 1.34. The van der Waals surface area contributed by atoms with Crippen LogP contribution < -0.4 is 29.7 Å². The molecule has 2 aliphatic rings. The van der Waals surface area contributed by atoms with Gasteiger partial charge in [-0.3, -0.25) is 4.79 Å². The van der Waals surface area contributed by atoms with Crippen LogP contribution in [0.4, 0.5) is 16.2 Å². The Balaban J connectivity index is 1.41. The number of ether oxygens (including phenoxy) is 3. The lowest BCUT2D eigenvalue weighted by Crippen LogP contribution is -2.39. The second-order valence-electron chi connectivity index (χ2n) is 6.68. The number of carbonyl (C=O) groups is 2. The summed E-state index contributed by atoms with van der Waals surface area (Å²) >= 11 is 5.99. The SMILES string of the molecule is COc1ccc(Cl)cc1NC(=O)N[C@@H]1CC(=O)N(c2ccc3c(c2)OCCO3)C1. The van der Waals surface area contributed by atoms with Gasteiger partial charge in [0.05, 0.1) is 18.8 Å². The molecule has 1 atom stereocenters. The molecule has 29 heavy (non-hydrogen) atoms. The second kappa shape index (κ2) is 8.08. The van der Waals surface area contributed by atoms with Crippen molar-refractivity contribution in [1.29, 1.82) is 0 Å². The van der Waals surface area contributed by atoms with Crippen LogP contribution in [0.3, 0.4) is 0 Å². The van der Waals surface area contributed by atoms with Crippen molar-refractivity contribution >= 4 is 34.9 Å². The fraction of sp³-hybridized carbons (Fsp3) is 0.300. The first kappa shape index (κ1) is 19.2. The van der Waals surface area contributed by atoms with Crippen molar-refractivity contribution in [3.63, 3.8) is 0 Å². The molecule has 152 valence electrons. The molecular weight excluding hydrogens is 398 g/mol. The van der Waals surface area contributed by atoms with Gasteiger partial charge in [0.1, 0.15) is 19.0 Å². The number of anilines is 2. The minimum Gasteiger partial charge on any atom is -0.495 e. The number of methoxy groups -OCH3 is 1. The van der Waals surface area contributed by atoms with Crippen molar-refractivity contribution in [2.45, 2.75) is 12.5 Å². The molecule has 2 heterocycles. The number of amides is 3. The van der Waals surface area contributed by atoms with E-state index in [1.807, 2.05) is 6.07 Å². The summed E-state index contributed by atoms with van der Waals surface area (Å²) in [5.74, 6) is 1.69. The van der Waals surface area contributed by atoms with Gasteiger partial charge in [-0.1, -0.05) is 11.6 Å². The molecule has 0 aromatic heterocycles. The predicted molar refractivity (Wildman–Crippen MR) is 108 cm³/mol. The predicted octanol–water partition coefficient (Wildman–Crippen LogP) is 3.05. The minimum absolute atomic E-state index is 0.0766. The van der Waals surface area contributed by atoms with Gasteiger partial charge in [0.2, 0.25) is 5.91 Å². The summed E-state index contributed by atoms with van der Waals surface area (Å²) in [4.78, 5) is 26.5. The lowest BCUT2D eigenvalue weighted by atomic mass is 10.2. The number of urea groups is 1. The first-order valence-electron chi connectivity index (χ1n) is 9.14. The van der Waals surface area contributed by atoms with E-state index in [0.29, 0.717) is 53.4 Å². The standard InChI is InChI=1S/C20H20ClN3O5/c1-27-16-4-2-12(21)8-15(16)23-20(26)22-13-9-19(25)24(11-13)14-3-5-17-18(10-14)29-7-6-28-17/h2-5,8,10,13H,6-7,9,11H2,1H3,(H2,22,23,26)/t13-/m1/s1. The molecule has 1 fully saturated rings. The van der Waals surface area contributed by atoms with E-state index in [2.05, 4.69) is 10.6 Å². The third kappa shape index (κ3) is 4.17. The summed E-state index contributed by atoms with van der Waals surface area (Å²) in [5.41, 5.74) is 1.16. The third-order valence-corrected chi connectivity index (χ3v) is 4.94. The summed E-state index contributed by atoms with van der Waals surface area (Å²) in [6, 6.07) is 9.55. The van der Waals surface area contributed by atoms with Gasteiger partial charge in [0.25, 0.3) is 0 Å². The van der Waals surface area contributed by atoms with E-state index in [0.717, 1.165) is 0 Å². The van der Waals surface area contributed by atoms with E-state index >= 15 is 0 Å². The van der Waals surface area contributed by atoms with E-state index in [1.54, 1.807) is 35.2 Å². The molecule has 3 amide bonds. The maximum absolute atomic E-state index is 12.5. The first-order valence-corrected chi connectivity index (χ1v) is 9.52. The molecule has 2 aromatic rings. The number of benzene rings is 2. The van der Waals surface area contributed by atoms with E-state index < -0.39 is 6.03 Å². The van der Waals surface area contributed by atoms with Gasteiger partial charge in [-0.15, -0.1) is 0 Å². The first-order chi connectivity index (χ1) is 14.0. The summed E-state index contributed by atoms with van der Waals surface area (Å²) < 4.78 is 16.3. The summed E-state index contributed by atoms with van der Waals surface area (Å²) in [7, 11) is 1.51. The Hall–Kier alpha value is -3.13. The van der Waals surface area contributed by atoms with Crippen LogP contribution in [0, 0.1) is 0 Å². The van der Waals surface area contributed by atoms with E-state index in [4.69, 9.17) is 25.8 Å². The number of hydrogen-bond acceptors (Lipinski definition) is 5. The normalized spacial score (nSPS) is 17.8. The topological polar surface area (TPSA) is 89.1 Å². The number of fused-ring (bicyclic) bond motifs is 1. The van der Waals surface area contributed by atoms with Crippen molar-refractivity contribution in [3.8, 4) is 17.2 Å². The molecule has 2 aromatic carbocycles. The number of carbonyl (C=O) groups excluding carboxylic acids is 2. The molecule has 0 aliphatic carbocycles. The smallest absolute Gasteiger partial charge is 0.319 e. The lowest BCUT2D eigenvalue weighted by Gasteiger charge is -2.22. The van der Waals surface area contributed by atoms with Crippen LogP contribution in [0.5, 0.6) is 17.2 Å². The zero-order valence-corrected chi connectivity index (χ0v) is 16.5. The van der Waals surface area contributed by atoms with E-state index in [1.165, 1.54) is 7.11 Å². The molecule has 0 radical (unpaired) electrons. The maximum atomic E-state index is 12.5. The van der Waals surface area contributed by atoms with Crippen LogP contribution in [-0.2, 0) is 4.79 Å². The zero-order chi connectivity index (χ0) is 20.4. The highest BCUT2D eigenvalue weighted by Gasteiger charge is 2.32. The van der Waals surface area contributed by atoms with Crippen molar-refractivity contribution in [2.24, 2.45) is 0 Å². The van der Waals surface area contributed by atoms with E-state index in [9.17, 15) is 9.59 Å². The molecule has 2 N–H and O–H groups in total. The molecule has 0 spiro atoms. The number of nitrogens with zero attached hydrogens (tertiary/aromatic N) is 1. The van der Waals surface area contributed by atoms with Crippen LogP contribution in [0.25, 0.3) is 0 Å². The highest BCUT2D eigenvalue weighted by atomic mass is 35.5. The van der Waals surface area contributed by atoms with Gasteiger partial charge in [-0.05, 0) is 30.3 Å². The van der Waals surface area contributed by atoms with Crippen molar-refractivity contribution in [1.82, 2.24) is 5.32 Å². The minimum atomic E-state index is -0.438. The molecule has 9 heteroatoms. The quantitative estimate of drug-likeness (QED) is 0.798. The monoisotopic (exact) mass is 417 g/mol. The Morgan fingerprint density at radius 1 is 1.17 bits per heavy atom. The Morgan fingerprint density at radius 2 is 1.97 bits per heavy atom. The average Bonchev–Trinajstić information content (AvgIpc) is 3.07. The highest BCUT2D eigenvalue weighted by molar-refractivity contribution is 6.31. The van der Waals surface area contributed by atoms with E-state index in [-0.39, 0.29) is 18.4 Å².